The molecular formula is C19H18F4N2O2. The zero-order valence-electron chi connectivity index (χ0n) is 14.7. The van der Waals surface area contributed by atoms with Crippen LogP contribution in [0.15, 0.2) is 36.4 Å². The van der Waals surface area contributed by atoms with E-state index in [0.717, 1.165) is 36.4 Å². The molecular weight excluding hydrogens is 364 g/mol. The molecule has 2 amide bonds. The van der Waals surface area contributed by atoms with Gasteiger partial charge < -0.3 is 10.6 Å². The first-order valence-electron chi connectivity index (χ1n) is 8.05. The second-order valence-corrected chi connectivity index (χ2v) is 6.79. The van der Waals surface area contributed by atoms with E-state index >= 15 is 0 Å². The van der Waals surface area contributed by atoms with E-state index in [4.69, 9.17) is 0 Å². The molecule has 0 spiro atoms. The second kappa shape index (κ2) is 8.20. The van der Waals surface area contributed by atoms with Crippen molar-refractivity contribution in [1.29, 1.82) is 0 Å². The molecule has 144 valence electrons. The van der Waals surface area contributed by atoms with Crippen molar-refractivity contribution >= 4 is 11.8 Å². The highest BCUT2D eigenvalue weighted by Crippen LogP contribution is 2.14. The Balaban J connectivity index is 1.90. The lowest BCUT2D eigenvalue weighted by Gasteiger charge is -2.25. The van der Waals surface area contributed by atoms with Crippen LogP contribution in [0, 0.1) is 28.7 Å². The quantitative estimate of drug-likeness (QED) is 0.752. The van der Waals surface area contributed by atoms with Gasteiger partial charge in [0.25, 0.3) is 11.8 Å². The fraction of sp³-hybridized carbons (Fsp3) is 0.263. The first-order chi connectivity index (χ1) is 12.6. The predicted octanol–water partition coefficient (Wildman–Crippen LogP) is 3.43. The average molecular weight is 382 g/mol. The molecule has 0 saturated carbocycles. The fourth-order valence-electron chi connectivity index (χ4n) is 2.18. The van der Waals surface area contributed by atoms with Gasteiger partial charge in [0.15, 0.2) is 23.3 Å². The molecule has 27 heavy (non-hydrogen) atoms. The Bertz CT molecular complexity index is 799. The molecule has 4 nitrogen and oxygen atoms in total. The Hall–Kier alpha value is -2.90. The third kappa shape index (κ3) is 5.54. The second-order valence-electron chi connectivity index (χ2n) is 6.79. The van der Waals surface area contributed by atoms with E-state index in [1.807, 2.05) is 0 Å². The molecule has 0 bridgehead atoms. The summed E-state index contributed by atoms with van der Waals surface area (Å²) in [6.45, 7) is 3.76. The lowest BCUT2D eigenvalue weighted by Crippen LogP contribution is -2.42. The van der Waals surface area contributed by atoms with Crippen LogP contribution in [0.4, 0.5) is 17.6 Å². The van der Waals surface area contributed by atoms with Crippen LogP contribution in [0.25, 0.3) is 0 Å². The molecule has 0 aliphatic heterocycles. The van der Waals surface area contributed by atoms with E-state index in [0.29, 0.717) is 0 Å². The minimum atomic E-state index is -1.12. The number of carbonyl (C=O) groups is 2. The number of benzene rings is 2. The molecule has 0 atom stereocenters. The molecule has 0 unspecified atom stereocenters. The summed E-state index contributed by atoms with van der Waals surface area (Å²) in [5.74, 6) is -5.53. The van der Waals surface area contributed by atoms with E-state index in [2.05, 4.69) is 10.6 Å². The minimum Gasteiger partial charge on any atom is -0.351 e. The van der Waals surface area contributed by atoms with Crippen LogP contribution < -0.4 is 10.6 Å². The van der Waals surface area contributed by atoms with Crippen LogP contribution in [-0.2, 0) is 0 Å². The zero-order valence-corrected chi connectivity index (χ0v) is 14.7. The smallest absolute Gasteiger partial charge is 0.251 e. The van der Waals surface area contributed by atoms with Gasteiger partial charge in [-0.2, -0.15) is 0 Å². The van der Waals surface area contributed by atoms with Crippen LogP contribution in [0.1, 0.15) is 34.6 Å². The normalized spacial score (nSPS) is 11.2. The molecule has 0 fully saturated rings. The van der Waals surface area contributed by atoms with Gasteiger partial charge in [-0.05, 0) is 41.8 Å². The van der Waals surface area contributed by atoms with Crippen molar-refractivity contribution in [3.05, 3.63) is 70.8 Å². The highest BCUT2D eigenvalue weighted by Gasteiger charge is 2.21. The van der Waals surface area contributed by atoms with Crippen molar-refractivity contribution in [2.75, 3.05) is 13.1 Å². The maximum Gasteiger partial charge on any atom is 0.251 e. The molecule has 2 aromatic carbocycles. The highest BCUT2D eigenvalue weighted by atomic mass is 19.2. The van der Waals surface area contributed by atoms with Crippen molar-refractivity contribution in [2.24, 2.45) is 5.41 Å². The number of halogens is 4. The van der Waals surface area contributed by atoms with Crippen molar-refractivity contribution in [3.63, 3.8) is 0 Å². The van der Waals surface area contributed by atoms with Gasteiger partial charge in [0.1, 0.15) is 0 Å². The van der Waals surface area contributed by atoms with Crippen molar-refractivity contribution < 1.29 is 27.2 Å². The van der Waals surface area contributed by atoms with Crippen molar-refractivity contribution in [2.45, 2.75) is 13.8 Å². The Labute approximate surface area is 153 Å². The van der Waals surface area contributed by atoms with E-state index in [-0.39, 0.29) is 24.2 Å². The third-order valence-corrected chi connectivity index (χ3v) is 3.82. The Morgan fingerprint density at radius 1 is 0.741 bits per heavy atom. The van der Waals surface area contributed by atoms with Crippen LogP contribution in [0.2, 0.25) is 0 Å². The van der Waals surface area contributed by atoms with Gasteiger partial charge in [-0.1, -0.05) is 13.8 Å². The molecule has 0 aliphatic carbocycles. The van der Waals surface area contributed by atoms with E-state index < -0.39 is 40.5 Å². The van der Waals surface area contributed by atoms with Gasteiger partial charge in [-0.25, -0.2) is 17.6 Å². The van der Waals surface area contributed by atoms with Crippen molar-refractivity contribution in [1.82, 2.24) is 10.6 Å². The number of hydrogen-bond donors (Lipinski definition) is 2. The largest absolute Gasteiger partial charge is 0.351 e. The summed E-state index contributed by atoms with van der Waals surface area (Å²) >= 11 is 0. The van der Waals surface area contributed by atoms with E-state index in [9.17, 15) is 27.2 Å². The molecule has 8 heteroatoms. The number of carbonyl (C=O) groups excluding carboxylic acids is 2. The summed E-state index contributed by atoms with van der Waals surface area (Å²) in [7, 11) is 0. The van der Waals surface area contributed by atoms with Gasteiger partial charge in [0.2, 0.25) is 0 Å². The van der Waals surface area contributed by atoms with Crippen LogP contribution in [-0.4, -0.2) is 24.9 Å². The first kappa shape index (κ1) is 20.4. The third-order valence-electron chi connectivity index (χ3n) is 3.82. The van der Waals surface area contributed by atoms with Crippen molar-refractivity contribution in [3.8, 4) is 0 Å². The maximum absolute atomic E-state index is 13.2. The minimum absolute atomic E-state index is 0.0319. The topological polar surface area (TPSA) is 58.2 Å². The summed E-state index contributed by atoms with van der Waals surface area (Å²) in [5.41, 5.74) is -0.659. The van der Waals surface area contributed by atoms with E-state index in [1.54, 1.807) is 13.8 Å². The monoisotopic (exact) mass is 382 g/mol. The Morgan fingerprint density at radius 3 is 1.44 bits per heavy atom. The van der Waals surface area contributed by atoms with Gasteiger partial charge in [0, 0.05) is 24.2 Å². The molecule has 0 aliphatic rings. The molecule has 0 heterocycles. The number of hydrogen-bond acceptors (Lipinski definition) is 2. The van der Waals surface area contributed by atoms with Gasteiger partial charge in [-0.15, -0.1) is 0 Å². The van der Waals surface area contributed by atoms with Gasteiger partial charge in [-0.3, -0.25) is 9.59 Å². The molecule has 2 rings (SSSR count). The molecule has 2 aromatic rings. The number of nitrogens with one attached hydrogen (secondary N) is 2. The molecule has 0 aromatic heterocycles. The molecule has 0 radical (unpaired) electrons. The fourth-order valence-corrected chi connectivity index (χ4v) is 2.18. The van der Waals surface area contributed by atoms with Crippen LogP contribution in [0.5, 0.6) is 0 Å². The highest BCUT2D eigenvalue weighted by molar-refractivity contribution is 5.94. The summed E-state index contributed by atoms with van der Waals surface area (Å²) < 4.78 is 52.2. The number of amides is 2. The average Bonchev–Trinajstić information content (AvgIpc) is 2.62. The Morgan fingerprint density at radius 2 is 1.11 bits per heavy atom. The number of rotatable bonds is 6. The maximum atomic E-state index is 13.2. The Kier molecular flexibility index (Phi) is 6.20. The molecule has 2 N–H and O–H groups in total. The summed E-state index contributed by atoms with van der Waals surface area (Å²) in [4.78, 5) is 24.0. The van der Waals surface area contributed by atoms with Gasteiger partial charge in [0.05, 0.1) is 0 Å². The summed E-state index contributed by atoms with van der Waals surface area (Å²) in [5, 5.41) is 5.15. The zero-order chi connectivity index (χ0) is 20.2. The van der Waals surface area contributed by atoms with Crippen LogP contribution in [0.3, 0.4) is 0 Å². The van der Waals surface area contributed by atoms with E-state index in [1.165, 1.54) is 0 Å². The summed E-state index contributed by atoms with van der Waals surface area (Å²) in [6, 6.07) is 5.62. The SMILES string of the molecule is CC(C)(CNC(=O)c1ccc(F)c(F)c1)CNC(=O)c1ccc(F)c(F)c1. The lowest BCUT2D eigenvalue weighted by atomic mass is 9.93. The molecule has 0 saturated heterocycles. The lowest BCUT2D eigenvalue weighted by molar-refractivity contribution is 0.0919. The van der Waals surface area contributed by atoms with Gasteiger partial charge >= 0.3 is 0 Å². The predicted molar refractivity (Wildman–Crippen MR) is 91.2 cm³/mol. The first-order valence-corrected chi connectivity index (χ1v) is 8.05. The van der Waals surface area contributed by atoms with Crippen LogP contribution >= 0.6 is 0 Å². The summed E-state index contributed by atoms with van der Waals surface area (Å²) in [6.07, 6.45) is 0. The standard InChI is InChI=1S/C19H18F4N2O2/c1-19(2,9-24-17(26)11-3-5-13(20)15(22)7-11)10-25-18(27)12-4-6-14(21)16(23)8-12/h3-8H,9-10H2,1-2H3,(H,24,26)(H,25,27).